The average Bonchev–Trinajstić information content (AvgIpc) is 2.85. The van der Waals surface area contributed by atoms with Crippen molar-refractivity contribution in [2.24, 2.45) is 5.84 Å². The van der Waals surface area contributed by atoms with E-state index < -0.39 is 0 Å². The number of nitrogens with two attached hydrogens (primary N) is 1. The second-order valence-corrected chi connectivity index (χ2v) is 4.94. The number of hydrazine groups is 1. The molecule has 0 bridgehead atoms. The van der Waals surface area contributed by atoms with Gasteiger partial charge in [-0.2, -0.15) is 0 Å². The molecule has 1 aromatic rings. The first-order valence-corrected chi connectivity index (χ1v) is 7.19. The summed E-state index contributed by atoms with van der Waals surface area (Å²) in [4.78, 5) is 15.3. The van der Waals surface area contributed by atoms with Gasteiger partial charge in [0.15, 0.2) is 5.01 Å². The molecule has 1 rings (SSSR count). The van der Waals surface area contributed by atoms with Gasteiger partial charge in [-0.3, -0.25) is 10.2 Å². The number of rotatable bonds is 9. The summed E-state index contributed by atoms with van der Waals surface area (Å²) in [5.41, 5.74) is 2.84. The van der Waals surface area contributed by atoms with Gasteiger partial charge >= 0.3 is 0 Å². The summed E-state index contributed by atoms with van der Waals surface area (Å²) in [5.74, 6) is 4.67. The van der Waals surface area contributed by atoms with Gasteiger partial charge in [-0.25, -0.2) is 10.8 Å². The van der Waals surface area contributed by atoms with E-state index in [1.165, 1.54) is 37.0 Å². The Labute approximate surface area is 112 Å². The van der Waals surface area contributed by atoms with Crippen LogP contribution in [-0.4, -0.2) is 17.5 Å². The van der Waals surface area contributed by atoms with Crippen LogP contribution >= 0.6 is 11.3 Å². The van der Waals surface area contributed by atoms with Gasteiger partial charge in [-0.05, 0) is 6.42 Å². The van der Waals surface area contributed by atoms with E-state index in [9.17, 15) is 4.79 Å². The zero-order chi connectivity index (χ0) is 13.2. The summed E-state index contributed by atoms with van der Waals surface area (Å²) in [6.07, 6.45) is 6.12. The molecule has 0 aliphatic heterocycles. The smallest absolute Gasteiger partial charge is 0.294 e. The Balaban J connectivity index is 2.12. The molecular weight excluding hydrogens is 250 g/mol. The van der Waals surface area contributed by atoms with Gasteiger partial charge in [0.1, 0.15) is 0 Å². The molecule has 0 saturated heterocycles. The van der Waals surface area contributed by atoms with Crippen LogP contribution < -0.4 is 11.3 Å². The fourth-order valence-corrected chi connectivity index (χ4v) is 2.23. The number of nitrogens with one attached hydrogen (secondary N) is 1. The summed E-state index contributed by atoms with van der Waals surface area (Å²) in [6.45, 7) is 3.41. The van der Waals surface area contributed by atoms with Crippen molar-refractivity contribution >= 4 is 17.2 Å². The number of amides is 1. The number of unbranched alkanes of at least 4 members (excludes halogenated alkanes) is 4. The van der Waals surface area contributed by atoms with Crippen molar-refractivity contribution < 1.29 is 9.53 Å². The zero-order valence-corrected chi connectivity index (χ0v) is 11.6. The SMILES string of the molecule is CCCCCCCOCc1csc(C(=O)NN)n1. The number of ether oxygens (including phenoxy) is 1. The molecule has 6 heteroatoms. The molecule has 0 radical (unpaired) electrons. The van der Waals surface area contributed by atoms with Crippen LogP contribution in [0.1, 0.15) is 54.5 Å². The second kappa shape index (κ2) is 9.02. The van der Waals surface area contributed by atoms with Gasteiger partial charge in [0, 0.05) is 12.0 Å². The largest absolute Gasteiger partial charge is 0.375 e. The van der Waals surface area contributed by atoms with Crippen molar-refractivity contribution in [1.82, 2.24) is 10.4 Å². The number of nitrogens with zero attached hydrogens (tertiary/aromatic N) is 1. The lowest BCUT2D eigenvalue weighted by molar-refractivity contribution is 0.0951. The fraction of sp³-hybridized carbons (Fsp3) is 0.667. The van der Waals surface area contributed by atoms with E-state index in [4.69, 9.17) is 10.6 Å². The highest BCUT2D eigenvalue weighted by Crippen LogP contribution is 2.11. The molecule has 0 saturated carbocycles. The van der Waals surface area contributed by atoms with Crippen LogP contribution in [0, 0.1) is 0 Å². The highest BCUT2D eigenvalue weighted by molar-refractivity contribution is 7.11. The maximum absolute atomic E-state index is 11.2. The summed E-state index contributed by atoms with van der Waals surface area (Å²) >= 11 is 1.27. The maximum Gasteiger partial charge on any atom is 0.294 e. The third-order valence-corrected chi connectivity index (χ3v) is 3.41. The van der Waals surface area contributed by atoms with E-state index in [1.54, 1.807) is 0 Å². The first kappa shape index (κ1) is 15.1. The minimum absolute atomic E-state index is 0.356. The standard InChI is InChI=1S/C12H21N3O2S/c1-2-3-4-5-6-7-17-8-10-9-18-12(14-10)11(16)15-13/h9H,2-8,13H2,1H3,(H,15,16). The molecular formula is C12H21N3O2S. The number of thiazole rings is 1. The van der Waals surface area contributed by atoms with E-state index in [1.807, 2.05) is 5.38 Å². The van der Waals surface area contributed by atoms with Crippen molar-refractivity contribution in [3.8, 4) is 0 Å². The van der Waals surface area contributed by atoms with Gasteiger partial charge in [-0.1, -0.05) is 32.6 Å². The Morgan fingerprint density at radius 1 is 1.44 bits per heavy atom. The lowest BCUT2D eigenvalue weighted by Gasteiger charge is -2.01. The van der Waals surface area contributed by atoms with Crippen LogP contribution in [0.3, 0.4) is 0 Å². The molecule has 1 heterocycles. The molecule has 0 atom stereocenters. The molecule has 0 aliphatic rings. The number of hydrogen-bond acceptors (Lipinski definition) is 5. The van der Waals surface area contributed by atoms with E-state index in [0.717, 1.165) is 18.7 Å². The van der Waals surface area contributed by atoms with Crippen molar-refractivity contribution in [2.75, 3.05) is 6.61 Å². The quantitative estimate of drug-likeness (QED) is 0.312. The molecule has 0 aromatic carbocycles. The number of carbonyl (C=O) groups is 1. The van der Waals surface area contributed by atoms with Crippen LogP contribution in [0.2, 0.25) is 0 Å². The minimum Gasteiger partial charge on any atom is -0.375 e. The van der Waals surface area contributed by atoms with Crippen molar-refractivity contribution in [1.29, 1.82) is 0 Å². The molecule has 3 N–H and O–H groups in total. The van der Waals surface area contributed by atoms with E-state index >= 15 is 0 Å². The number of nitrogen functional groups attached to an aromatic ring is 1. The molecule has 0 aliphatic carbocycles. The lowest BCUT2D eigenvalue weighted by Crippen LogP contribution is -2.29. The zero-order valence-electron chi connectivity index (χ0n) is 10.8. The van der Waals surface area contributed by atoms with Crippen molar-refractivity contribution in [3.05, 3.63) is 16.1 Å². The van der Waals surface area contributed by atoms with Gasteiger partial charge in [0.25, 0.3) is 5.91 Å². The van der Waals surface area contributed by atoms with Crippen LogP contribution in [0.4, 0.5) is 0 Å². The van der Waals surface area contributed by atoms with Crippen LogP contribution in [0.25, 0.3) is 0 Å². The Morgan fingerprint density at radius 3 is 2.94 bits per heavy atom. The van der Waals surface area contributed by atoms with Crippen molar-refractivity contribution in [2.45, 2.75) is 45.6 Å². The predicted molar refractivity (Wildman–Crippen MR) is 72.2 cm³/mol. The fourth-order valence-electron chi connectivity index (χ4n) is 1.52. The van der Waals surface area contributed by atoms with Gasteiger partial charge < -0.3 is 4.74 Å². The Bertz CT molecular complexity index is 355. The van der Waals surface area contributed by atoms with Crippen molar-refractivity contribution in [3.63, 3.8) is 0 Å². The number of aromatic nitrogens is 1. The molecule has 0 fully saturated rings. The normalized spacial score (nSPS) is 10.6. The summed E-state index contributed by atoms with van der Waals surface area (Å²) < 4.78 is 5.51. The number of hydrogen-bond donors (Lipinski definition) is 2. The highest BCUT2D eigenvalue weighted by Gasteiger charge is 2.09. The summed E-state index contributed by atoms with van der Waals surface area (Å²) in [6, 6.07) is 0. The topological polar surface area (TPSA) is 77.2 Å². The molecule has 5 nitrogen and oxygen atoms in total. The molecule has 1 aromatic heterocycles. The van der Waals surface area contributed by atoms with E-state index in [2.05, 4.69) is 17.3 Å². The molecule has 102 valence electrons. The summed E-state index contributed by atoms with van der Waals surface area (Å²) in [5, 5.41) is 2.20. The monoisotopic (exact) mass is 271 g/mol. The molecule has 1 amide bonds. The van der Waals surface area contributed by atoms with E-state index in [0.29, 0.717) is 11.6 Å². The third-order valence-electron chi connectivity index (χ3n) is 2.52. The average molecular weight is 271 g/mol. The van der Waals surface area contributed by atoms with Gasteiger partial charge in [-0.15, -0.1) is 11.3 Å². The maximum atomic E-state index is 11.2. The third kappa shape index (κ3) is 5.57. The first-order chi connectivity index (χ1) is 8.77. The molecule has 0 spiro atoms. The van der Waals surface area contributed by atoms with Crippen LogP contribution in [0.15, 0.2) is 5.38 Å². The summed E-state index contributed by atoms with van der Waals surface area (Å²) in [7, 11) is 0. The lowest BCUT2D eigenvalue weighted by atomic mass is 10.2. The Kier molecular flexibility index (Phi) is 7.55. The Morgan fingerprint density at radius 2 is 2.22 bits per heavy atom. The van der Waals surface area contributed by atoms with E-state index in [-0.39, 0.29) is 5.91 Å². The first-order valence-electron chi connectivity index (χ1n) is 6.31. The highest BCUT2D eigenvalue weighted by atomic mass is 32.1. The predicted octanol–water partition coefficient (Wildman–Crippen LogP) is 2.23. The van der Waals surface area contributed by atoms with Crippen LogP contribution in [-0.2, 0) is 11.3 Å². The van der Waals surface area contributed by atoms with Gasteiger partial charge in [0.05, 0.1) is 12.3 Å². The number of carbonyl (C=O) groups excluding carboxylic acids is 1. The molecule has 18 heavy (non-hydrogen) atoms. The van der Waals surface area contributed by atoms with Crippen LogP contribution in [0.5, 0.6) is 0 Å². The minimum atomic E-state index is -0.356. The second-order valence-electron chi connectivity index (χ2n) is 4.08. The van der Waals surface area contributed by atoms with Gasteiger partial charge in [0.2, 0.25) is 0 Å². The Hall–Kier alpha value is -0.980. The molecule has 0 unspecified atom stereocenters.